The van der Waals surface area contributed by atoms with Crippen LogP contribution in [-0.4, -0.2) is 86.2 Å². The zero-order chi connectivity index (χ0) is 36.8. The maximum Gasteiger partial charge on any atom is 0.408 e. The molecule has 0 aromatic heterocycles. The van der Waals surface area contributed by atoms with Gasteiger partial charge in [-0.2, -0.15) is 0 Å². The fourth-order valence-corrected chi connectivity index (χ4v) is 3.95. The van der Waals surface area contributed by atoms with Crippen molar-refractivity contribution in [1.29, 1.82) is 0 Å². The molecule has 0 fully saturated rings. The average molecular weight is 681 g/mol. The number of methoxy groups -OCH3 is 1. The van der Waals surface area contributed by atoms with Crippen LogP contribution in [0.15, 0.2) is 36.4 Å². The number of aliphatic hydroxyl groups is 1. The first-order chi connectivity index (χ1) is 22.2. The van der Waals surface area contributed by atoms with Crippen molar-refractivity contribution in [3.05, 3.63) is 70.3 Å². The van der Waals surface area contributed by atoms with E-state index in [4.69, 9.17) is 9.47 Å². The number of alkyl carbamates (subject to hydrolysis) is 2. The molecular weight excluding hydrogens is 634 g/mol. The molecule has 0 heterocycles. The van der Waals surface area contributed by atoms with E-state index in [2.05, 4.69) is 26.0 Å². The van der Waals surface area contributed by atoms with E-state index >= 15 is 0 Å². The second kappa shape index (κ2) is 18.5. The summed E-state index contributed by atoms with van der Waals surface area (Å²) in [4.78, 5) is 58.4. The van der Waals surface area contributed by atoms with Crippen LogP contribution in [-0.2, 0) is 31.8 Å². The summed E-state index contributed by atoms with van der Waals surface area (Å²) in [6.07, 6.45) is -1.25. The number of rotatable bonds is 10. The first-order valence-electron chi connectivity index (χ1n) is 14.9. The van der Waals surface area contributed by atoms with Gasteiger partial charge in [-0.15, -0.1) is 0 Å². The van der Waals surface area contributed by atoms with Gasteiger partial charge >= 0.3 is 18.2 Å². The molecule has 2 aromatic carbocycles. The topological polar surface area (TPSA) is 181 Å². The van der Waals surface area contributed by atoms with Crippen LogP contribution >= 0.6 is 0 Å². The van der Waals surface area contributed by atoms with Crippen LogP contribution in [0.3, 0.4) is 0 Å². The lowest BCUT2D eigenvalue weighted by atomic mass is 10.0. The van der Waals surface area contributed by atoms with Crippen LogP contribution in [0.1, 0.15) is 73.4 Å². The lowest BCUT2D eigenvalue weighted by molar-refractivity contribution is -0.143. The molecule has 2 atom stereocenters. The third-order valence-electron chi connectivity index (χ3n) is 6.05. The van der Waals surface area contributed by atoms with Gasteiger partial charge < -0.3 is 40.6 Å². The van der Waals surface area contributed by atoms with Gasteiger partial charge in [-0.25, -0.2) is 23.2 Å². The minimum atomic E-state index is -1.05. The van der Waals surface area contributed by atoms with Gasteiger partial charge in [0.05, 0.1) is 30.9 Å². The summed E-state index contributed by atoms with van der Waals surface area (Å²) < 4.78 is 42.8. The Hall–Kier alpha value is -4.79. The molecule has 0 saturated carbocycles. The number of hydrogen-bond acceptors (Lipinski definition) is 9. The molecule has 0 spiro atoms. The van der Waals surface area contributed by atoms with E-state index in [9.17, 15) is 37.9 Å². The molecule has 13 nitrogen and oxygen atoms in total. The summed E-state index contributed by atoms with van der Waals surface area (Å²) in [5.74, 6) is -3.14. The van der Waals surface area contributed by atoms with Crippen LogP contribution in [0.25, 0.3) is 0 Å². The molecule has 4 amide bonds. The number of benzene rings is 2. The molecule has 48 heavy (non-hydrogen) atoms. The largest absolute Gasteiger partial charge is 0.467 e. The van der Waals surface area contributed by atoms with Gasteiger partial charge in [0.2, 0.25) is 0 Å². The van der Waals surface area contributed by atoms with Crippen molar-refractivity contribution in [2.24, 2.45) is 0 Å². The van der Waals surface area contributed by atoms with E-state index in [0.717, 1.165) is 6.07 Å². The Morgan fingerprint density at radius 3 is 1.50 bits per heavy atom. The third-order valence-corrected chi connectivity index (χ3v) is 6.05. The molecule has 15 heteroatoms. The molecule has 2 aromatic rings. The Morgan fingerprint density at radius 2 is 1.15 bits per heavy atom. The standard InChI is InChI=1S/C17H23FN2O5.C16H23FN2O4/c1-17(2,3)25-16(23)20-13(15(22)24-5)9-10-6-7-11(12(18)8-10)14(21)19-4;1-16(2,3)23-15(22)19-11(9-20)7-10-5-6-12(13(17)8-10)14(21)18-4/h6-8,13H,9H2,1-5H3,(H,19,21)(H,20,23);5-6,8,11,20H,7,9H2,1-4H3,(H,18,21)(H,19,22)/t13-;11-/m00/s1. The molecule has 266 valence electrons. The highest BCUT2D eigenvalue weighted by Gasteiger charge is 2.26. The van der Waals surface area contributed by atoms with Crippen LogP contribution in [0.2, 0.25) is 0 Å². The maximum absolute atomic E-state index is 14.0. The number of halogens is 2. The summed E-state index contributed by atoms with van der Waals surface area (Å²) in [7, 11) is 4.00. The molecule has 2 rings (SSSR count). The number of nitrogens with one attached hydrogen (secondary N) is 4. The fourth-order valence-electron chi connectivity index (χ4n) is 3.95. The number of carbonyl (C=O) groups is 5. The average Bonchev–Trinajstić information content (AvgIpc) is 2.97. The van der Waals surface area contributed by atoms with Gasteiger partial charge in [0.1, 0.15) is 28.9 Å². The Kier molecular flexibility index (Phi) is 15.9. The van der Waals surface area contributed by atoms with E-state index in [1.54, 1.807) is 47.6 Å². The second-order valence-electron chi connectivity index (χ2n) is 12.4. The van der Waals surface area contributed by atoms with Gasteiger partial charge in [-0.1, -0.05) is 12.1 Å². The zero-order valence-corrected chi connectivity index (χ0v) is 28.7. The van der Waals surface area contributed by atoms with E-state index < -0.39 is 64.9 Å². The number of esters is 1. The lowest BCUT2D eigenvalue weighted by Gasteiger charge is -2.22. The monoisotopic (exact) mass is 680 g/mol. The fraction of sp³-hybridized carbons (Fsp3) is 0.485. The summed E-state index contributed by atoms with van der Waals surface area (Å²) in [5, 5.41) is 19.0. The van der Waals surface area contributed by atoms with Gasteiger partial charge in [0, 0.05) is 20.5 Å². The van der Waals surface area contributed by atoms with Crippen molar-refractivity contribution in [3.63, 3.8) is 0 Å². The molecule has 0 aliphatic heterocycles. The van der Waals surface area contributed by atoms with Crippen LogP contribution in [0, 0.1) is 11.6 Å². The molecule has 5 N–H and O–H groups in total. The Labute approximate surface area is 279 Å². The Bertz CT molecular complexity index is 1440. The van der Waals surface area contributed by atoms with Crippen LogP contribution in [0.5, 0.6) is 0 Å². The Balaban J connectivity index is 0.000000482. The highest BCUT2D eigenvalue weighted by molar-refractivity contribution is 5.94. The minimum Gasteiger partial charge on any atom is -0.467 e. The number of carbonyl (C=O) groups excluding carboxylic acids is 5. The molecule has 0 saturated heterocycles. The van der Waals surface area contributed by atoms with Gasteiger partial charge in [0.15, 0.2) is 0 Å². The van der Waals surface area contributed by atoms with Crippen molar-refractivity contribution >= 4 is 30.0 Å². The maximum atomic E-state index is 14.0. The van der Waals surface area contributed by atoms with Crippen molar-refractivity contribution in [2.45, 2.75) is 77.7 Å². The summed E-state index contributed by atoms with van der Waals surface area (Å²) in [6, 6.07) is 6.44. The van der Waals surface area contributed by atoms with E-state index in [1.807, 2.05) is 0 Å². The number of hydrogen-bond donors (Lipinski definition) is 5. The molecule has 0 aliphatic carbocycles. The molecule has 0 unspecified atom stereocenters. The third kappa shape index (κ3) is 14.8. The van der Waals surface area contributed by atoms with Crippen molar-refractivity contribution in [2.75, 3.05) is 27.8 Å². The van der Waals surface area contributed by atoms with E-state index in [-0.39, 0.29) is 30.6 Å². The highest BCUT2D eigenvalue weighted by atomic mass is 19.1. The zero-order valence-electron chi connectivity index (χ0n) is 28.7. The molecule has 0 bridgehead atoms. The van der Waals surface area contributed by atoms with E-state index in [0.29, 0.717) is 11.1 Å². The molecular formula is C33H46F2N4O9. The van der Waals surface area contributed by atoms with Crippen molar-refractivity contribution in [3.8, 4) is 0 Å². The number of ether oxygens (including phenoxy) is 3. The summed E-state index contributed by atoms with van der Waals surface area (Å²) >= 11 is 0. The lowest BCUT2D eigenvalue weighted by Crippen LogP contribution is -2.45. The molecule has 0 aliphatic rings. The second-order valence-corrected chi connectivity index (χ2v) is 12.4. The number of aliphatic hydroxyl groups excluding tert-OH is 1. The van der Waals surface area contributed by atoms with Gasteiger partial charge in [-0.3, -0.25) is 9.59 Å². The first-order valence-corrected chi connectivity index (χ1v) is 14.9. The first kappa shape index (κ1) is 41.2. The van der Waals surface area contributed by atoms with Gasteiger partial charge in [0.25, 0.3) is 11.8 Å². The SMILES string of the molecule is CNC(=O)c1ccc(C[C@@H](CO)NC(=O)OC(C)(C)C)cc1F.CNC(=O)c1ccc(C[C@H](NC(=O)OC(C)(C)C)C(=O)OC)cc1F. The van der Waals surface area contributed by atoms with E-state index in [1.165, 1.54) is 45.5 Å². The quantitative estimate of drug-likeness (QED) is 0.186. The van der Waals surface area contributed by atoms with Crippen molar-refractivity contribution < 1.29 is 52.1 Å². The normalized spacial score (nSPS) is 12.2. The summed E-state index contributed by atoms with van der Waals surface area (Å²) in [6.45, 7) is 9.93. The highest BCUT2D eigenvalue weighted by Crippen LogP contribution is 2.15. The Morgan fingerprint density at radius 1 is 0.729 bits per heavy atom. The van der Waals surface area contributed by atoms with Crippen LogP contribution < -0.4 is 21.3 Å². The smallest absolute Gasteiger partial charge is 0.408 e. The minimum absolute atomic E-state index is 0.0170. The summed E-state index contributed by atoms with van der Waals surface area (Å²) in [5.41, 5.74) is -0.586. The predicted octanol–water partition coefficient (Wildman–Crippen LogP) is 3.41. The van der Waals surface area contributed by atoms with Crippen LogP contribution in [0.4, 0.5) is 18.4 Å². The van der Waals surface area contributed by atoms with Gasteiger partial charge in [-0.05, 0) is 83.4 Å². The number of amides is 4. The molecule has 0 radical (unpaired) electrons. The van der Waals surface area contributed by atoms with Crippen molar-refractivity contribution in [1.82, 2.24) is 21.3 Å². The predicted molar refractivity (Wildman–Crippen MR) is 172 cm³/mol.